The number of benzene rings is 1. The predicted octanol–water partition coefficient (Wildman–Crippen LogP) is 9.13. The maximum Gasteiger partial charge on any atom is 0.416 e. The van der Waals surface area contributed by atoms with E-state index in [1.54, 1.807) is 12.1 Å². The summed E-state index contributed by atoms with van der Waals surface area (Å²) in [5.41, 5.74) is 3.52. The normalized spacial score (nSPS) is 27.0. The summed E-state index contributed by atoms with van der Waals surface area (Å²) in [4.78, 5) is 18.4. The highest BCUT2D eigenvalue weighted by Crippen LogP contribution is 2.68. The first-order valence-electron chi connectivity index (χ1n) is 17.7. The second-order valence-electron chi connectivity index (χ2n) is 16.0. The number of pyridine rings is 1. The fourth-order valence-corrected chi connectivity index (χ4v) is 9.57. The molecule has 11 heteroatoms. The van der Waals surface area contributed by atoms with Gasteiger partial charge in [0.1, 0.15) is 12.2 Å². The van der Waals surface area contributed by atoms with Gasteiger partial charge in [0.15, 0.2) is 0 Å². The van der Waals surface area contributed by atoms with Gasteiger partial charge in [0.25, 0.3) is 0 Å². The highest BCUT2D eigenvalue weighted by atomic mass is 32.3. The molecule has 2 aliphatic carbocycles. The highest BCUT2D eigenvalue weighted by molar-refractivity contribution is 8.29. The Morgan fingerprint density at radius 2 is 1.55 bits per heavy atom. The Bertz CT molecular complexity index is 1570. The minimum absolute atomic E-state index is 0.0524. The van der Waals surface area contributed by atoms with Crippen molar-refractivity contribution in [2.45, 2.75) is 120 Å². The third-order valence-electron chi connectivity index (χ3n) is 12.0. The van der Waals surface area contributed by atoms with E-state index in [0.717, 1.165) is 72.3 Å². The lowest BCUT2D eigenvalue weighted by Gasteiger charge is -2.55. The number of halogens is 3. The largest absolute Gasteiger partial charge is 0.455 e. The maximum absolute atomic E-state index is 13.7. The van der Waals surface area contributed by atoms with E-state index in [-0.39, 0.29) is 28.2 Å². The summed E-state index contributed by atoms with van der Waals surface area (Å²) in [5.74, 6) is -0.284. The molecule has 3 fully saturated rings. The number of ether oxygens (including phenoxy) is 4. The van der Waals surface area contributed by atoms with Crippen LogP contribution in [0.25, 0.3) is 0 Å². The number of carbonyl (C=O) groups is 1. The van der Waals surface area contributed by atoms with Gasteiger partial charge in [-0.1, -0.05) is 39.3 Å². The van der Waals surface area contributed by atoms with Crippen molar-refractivity contribution in [3.05, 3.63) is 63.5 Å². The van der Waals surface area contributed by atoms with Crippen molar-refractivity contribution in [2.24, 2.45) is 5.41 Å². The number of hydrogen-bond donors (Lipinski definition) is 0. The Morgan fingerprint density at radius 1 is 0.918 bits per heavy atom. The number of alkyl halides is 3. The molecule has 0 N–H and O–H groups in total. The van der Waals surface area contributed by atoms with Crippen molar-refractivity contribution < 1.29 is 41.1 Å². The van der Waals surface area contributed by atoms with Crippen molar-refractivity contribution in [2.75, 3.05) is 38.9 Å². The minimum atomic E-state index is -4.45. The van der Waals surface area contributed by atoms with Gasteiger partial charge in [-0.25, -0.2) is 0 Å². The molecule has 5 aliphatic rings. The smallest absolute Gasteiger partial charge is 0.416 e. The minimum Gasteiger partial charge on any atom is -0.455 e. The lowest BCUT2D eigenvalue weighted by molar-refractivity contribution is -0.166. The number of aromatic nitrogens is 1. The lowest BCUT2D eigenvalue weighted by atomic mass is 9.57. The van der Waals surface area contributed by atoms with Crippen LogP contribution in [0.2, 0.25) is 0 Å². The van der Waals surface area contributed by atoms with Gasteiger partial charge >= 0.3 is 12.1 Å². The van der Waals surface area contributed by atoms with Gasteiger partial charge in [0.05, 0.1) is 28.7 Å². The zero-order valence-electron chi connectivity index (χ0n) is 29.5. The molecule has 2 spiro atoms. The molecule has 2 saturated heterocycles. The average molecular weight is 706 g/mol. The molecule has 0 bridgehead atoms. The van der Waals surface area contributed by atoms with Gasteiger partial charge in [-0.15, -0.1) is 10.3 Å². The first-order chi connectivity index (χ1) is 23.1. The Hall–Kier alpha value is -2.18. The molecule has 4 heterocycles. The standard InChI is InChI=1S/C38H50F3NO6S/c1-23(43)46-34-32-28(27(22-36(34)14-7-15-36)48-49(5,6)35(2,3)4)30-29(31(42-32)24-12-18-44-19-13-24)33(47-37(30)16-20-45-21-17-37)25-8-10-26(11-9-25)38(39,40)41/h8-11,24,27,33-34H,7,12-22H2,1-6H3. The zero-order chi connectivity index (χ0) is 35.0. The van der Waals surface area contributed by atoms with Gasteiger partial charge in [0, 0.05) is 73.4 Å². The maximum atomic E-state index is 13.7. The number of carbonyl (C=O) groups excluding carboxylic acids is 1. The number of esters is 1. The van der Waals surface area contributed by atoms with Crippen LogP contribution in [-0.2, 0) is 39.7 Å². The summed E-state index contributed by atoms with van der Waals surface area (Å²) >= 11 is 0. The fourth-order valence-electron chi connectivity index (χ4n) is 8.54. The van der Waals surface area contributed by atoms with Gasteiger partial charge in [0.2, 0.25) is 0 Å². The van der Waals surface area contributed by atoms with Gasteiger partial charge in [-0.2, -0.15) is 13.2 Å². The van der Waals surface area contributed by atoms with E-state index in [9.17, 15) is 18.0 Å². The van der Waals surface area contributed by atoms with Crippen LogP contribution in [-0.4, -0.2) is 54.6 Å². The van der Waals surface area contributed by atoms with Crippen LogP contribution in [0.5, 0.6) is 0 Å². The van der Waals surface area contributed by atoms with Gasteiger partial charge in [-0.05, 0) is 67.9 Å². The Morgan fingerprint density at radius 3 is 2.10 bits per heavy atom. The van der Waals surface area contributed by atoms with Crippen molar-refractivity contribution >= 4 is 16.3 Å². The summed E-state index contributed by atoms with van der Waals surface area (Å²) in [5, 5.41) is 0. The number of nitrogens with zero attached hydrogens (tertiary/aromatic N) is 1. The van der Waals surface area contributed by atoms with E-state index in [1.165, 1.54) is 6.92 Å². The molecule has 3 aliphatic heterocycles. The third-order valence-corrected chi connectivity index (χ3v) is 15.7. The van der Waals surface area contributed by atoms with Gasteiger partial charge in [-0.3, -0.25) is 9.78 Å². The fraction of sp³-hybridized carbons (Fsp3) is 0.684. The quantitative estimate of drug-likeness (QED) is 0.287. The summed E-state index contributed by atoms with van der Waals surface area (Å²) in [6.07, 6.45) is 4.83. The molecule has 0 radical (unpaired) electrons. The van der Waals surface area contributed by atoms with Crippen molar-refractivity contribution in [1.82, 2.24) is 4.98 Å². The molecule has 1 aromatic carbocycles. The molecule has 3 unspecified atom stereocenters. The highest BCUT2D eigenvalue weighted by Gasteiger charge is 2.59. The Labute approximate surface area is 289 Å². The first-order valence-corrected chi connectivity index (χ1v) is 20.1. The molecule has 0 amide bonds. The lowest BCUT2D eigenvalue weighted by Crippen LogP contribution is -2.46. The number of rotatable bonds is 5. The summed E-state index contributed by atoms with van der Waals surface area (Å²) in [6, 6.07) is 5.39. The first kappa shape index (κ1) is 35.2. The van der Waals surface area contributed by atoms with Crippen LogP contribution in [0.4, 0.5) is 13.2 Å². The molecule has 1 saturated carbocycles. The monoisotopic (exact) mass is 705 g/mol. The molecule has 1 aromatic heterocycles. The van der Waals surface area contributed by atoms with E-state index in [2.05, 4.69) is 33.3 Å². The van der Waals surface area contributed by atoms with E-state index in [0.29, 0.717) is 51.3 Å². The van der Waals surface area contributed by atoms with E-state index in [1.807, 2.05) is 0 Å². The molecule has 3 atom stereocenters. The summed E-state index contributed by atoms with van der Waals surface area (Å²) in [7, 11) is -1.61. The number of hydrogen-bond acceptors (Lipinski definition) is 7. The third kappa shape index (κ3) is 6.13. The summed E-state index contributed by atoms with van der Waals surface area (Å²) < 4.78 is 73.6. The van der Waals surface area contributed by atoms with E-state index >= 15 is 0 Å². The van der Waals surface area contributed by atoms with Crippen molar-refractivity contribution in [3.63, 3.8) is 0 Å². The van der Waals surface area contributed by atoms with Crippen LogP contribution in [0.15, 0.2) is 24.3 Å². The van der Waals surface area contributed by atoms with E-state index in [4.69, 9.17) is 28.1 Å². The molecular weight excluding hydrogens is 655 g/mol. The summed E-state index contributed by atoms with van der Waals surface area (Å²) in [6.45, 7) is 10.3. The SMILES string of the molecule is CC(=O)OC1c2nc(C3CCOCC3)c3c(c2C(OS(C)(C)C(C)(C)C)CC12CCC2)C1(CCOCC1)OC3c1ccc(C(F)(F)F)cc1. The topological polar surface area (TPSA) is 76.1 Å². The average Bonchev–Trinajstić information content (AvgIpc) is 3.34. The van der Waals surface area contributed by atoms with Gasteiger partial charge < -0.3 is 23.1 Å². The second-order valence-corrected chi connectivity index (χ2v) is 19.9. The van der Waals surface area contributed by atoms with Crippen LogP contribution in [0, 0.1) is 5.41 Å². The Kier molecular flexibility index (Phi) is 8.99. The zero-order valence-corrected chi connectivity index (χ0v) is 30.4. The van der Waals surface area contributed by atoms with Crippen LogP contribution in [0.1, 0.15) is 142 Å². The molecule has 49 heavy (non-hydrogen) atoms. The number of fused-ring (bicyclic) bond motifs is 4. The van der Waals surface area contributed by atoms with Crippen molar-refractivity contribution in [3.8, 4) is 0 Å². The molecule has 7 nitrogen and oxygen atoms in total. The van der Waals surface area contributed by atoms with Crippen LogP contribution < -0.4 is 0 Å². The second kappa shape index (κ2) is 12.5. The predicted molar refractivity (Wildman–Crippen MR) is 182 cm³/mol. The molecule has 270 valence electrons. The van der Waals surface area contributed by atoms with E-state index < -0.39 is 39.9 Å². The van der Waals surface area contributed by atoms with Crippen molar-refractivity contribution in [1.29, 1.82) is 0 Å². The molecule has 7 rings (SSSR count). The van der Waals surface area contributed by atoms with Crippen LogP contribution >= 0.6 is 10.3 Å². The van der Waals surface area contributed by atoms with Crippen LogP contribution in [0.3, 0.4) is 0 Å². The molecule has 2 aromatic rings. The Balaban J connectivity index is 1.52. The molecular formula is C38H50F3NO6S.